The van der Waals surface area contributed by atoms with Crippen molar-refractivity contribution in [2.24, 2.45) is 0 Å². The molecule has 1 aliphatic carbocycles. The highest BCUT2D eigenvalue weighted by molar-refractivity contribution is 7.76. The van der Waals surface area contributed by atoms with Gasteiger partial charge >= 0.3 is 6.16 Å². The summed E-state index contributed by atoms with van der Waals surface area (Å²) in [6, 6.07) is 9.62. The van der Waals surface area contributed by atoms with Gasteiger partial charge in [-0.3, -0.25) is 9.00 Å². The van der Waals surface area contributed by atoms with Gasteiger partial charge in [0.2, 0.25) is 5.71 Å². The van der Waals surface area contributed by atoms with Gasteiger partial charge in [-0.1, -0.05) is 29.8 Å². The van der Waals surface area contributed by atoms with Crippen molar-refractivity contribution in [1.82, 2.24) is 19.5 Å². The Morgan fingerprint density at radius 3 is 2.55 bits per heavy atom. The summed E-state index contributed by atoms with van der Waals surface area (Å²) in [4.78, 5) is 31.4. The Hall–Kier alpha value is -3.32. The van der Waals surface area contributed by atoms with Crippen LogP contribution in [0.2, 0.25) is 0 Å². The molecule has 0 spiro atoms. The van der Waals surface area contributed by atoms with Crippen LogP contribution in [-0.4, -0.2) is 79.5 Å². The molecule has 3 heterocycles. The molecule has 11 nitrogen and oxygen atoms in total. The lowest BCUT2D eigenvalue weighted by atomic mass is 9.87. The number of aryl methyl sites for hydroxylation is 1. The summed E-state index contributed by atoms with van der Waals surface area (Å²) in [5, 5.41) is 12.6. The average molecular weight is 598 g/mol. The van der Waals surface area contributed by atoms with Crippen molar-refractivity contribution in [3.63, 3.8) is 0 Å². The van der Waals surface area contributed by atoms with Gasteiger partial charge in [-0.25, -0.2) is 14.1 Å². The van der Waals surface area contributed by atoms with Gasteiger partial charge in [-0.15, -0.1) is 0 Å². The van der Waals surface area contributed by atoms with Gasteiger partial charge in [-0.05, 0) is 57.2 Å². The van der Waals surface area contributed by atoms with Crippen molar-refractivity contribution in [1.29, 1.82) is 0 Å². The number of hydrogen-bond acceptors (Lipinski definition) is 8. The van der Waals surface area contributed by atoms with Crippen LogP contribution in [0.25, 0.3) is 22.4 Å². The van der Waals surface area contributed by atoms with Crippen LogP contribution in [-0.2, 0) is 22.5 Å². The van der Waals surface area contributed by atoms with E-state index in [0.29, 0.717) is 61.2 Å². The fourth-order valence-corrected chi connectivity index (χ4v) is 6.28. The number of carboxylic acid groups (broad SMARTS) is 1. The van der Waals surface area contributed by atoms with Crippen molar-refractivity contribution in [2.45, 2.75) is 63.5 Å². The zero-order valence-corrected chi connectivity index (χ0v) is 25.0. The van der Waals surface area contributed by atoms with E-state index in [2.05, 4.69) is 10.2 Å². The third-order valence-corrected chi connectivity index (χ3v) is 9.09. The Labute approximate surface area is 247 Å². The molecule has 0 bridgehead atoms. The normalized spacial score (nSPS) is 17.8. The maximum atomic E-state index is 13.0. The lowest BCUT2D eigenvalue weighted by Gasteiger charge is -2.39. The van der Waals surface area contributed by atoms with Gasteiger partial charge < -0.3 is 29.0 Å². The van der Waals surface area contributed by atoms with E-state index >= 15 is 0 Å². The fraction of sp³-hybridized carbons (Fsp3) is 0.500. The molecule has 1 unspecified atom stereocenters. The van der Waals surface area contributed by atoms with E-state index in [4.69, 9.17) is 14.1 Å². The summed E-state index contributed by atoms with van der Waals surface area (Å²) < 4.78 is 37.5. The van der Waals surface area contributed by atoms with E-state index in [-0.39, 0.29) is 30.6 Å². The first-order chi connectivity index (χ1) is 20.1. The van der Waals surface area contributed by atoms with Crippen molar-refractivity contribution < 1.29 is 32.6 Å². The smallest absolute Gasteiger partial charge is 0.506 e. The van der Waals surface area contributed by atoms with E-state index in [1.807, 2.05) is 44.3 Å². The van der Waals surface area contributed by atoms with Gasteiger partial charge in [0.25, 0.3) is 5.91 Å². The predicted molar refractivity (Wildman–Crippen MR) is 157 cm³/mol. The zero-order chi connectivity index (χ0) is 30.0. The number of likely N-dealkylation sites (tertiary alicyclic amines) is 1. The summed E-state index contributed by atoms with van der Waals surface area (Å²) in [7, 11) is 3.55. The number of carbonyl (C=O) groups is 2. The van der Waals surface area contributed by atoms with Crippen LogP contribution in [0.5, 0.6) is 0 Å². The molecule has 12 heteroatoms. The van der Waals surface area contributed by atoms with Crippen LogP contribution in [0.15, 0.2) is 34.7 Å². The largest absolute Gasteiger partial charge is 0.760 e. The molecular weight excluding hydrogens is 560 g/mol. The molecule has 2 aliphatic rings. The van der Waals surface area contributed by atoms with Crippen molar-refractivity contribution >= 4 is 34.4 Å². The van der Waals surface area contributed by atoms with Gasteiger partial charge in [0.1, 0.15) is 11.4 Å². The molecule has 2 fully saturated rings. The Morgan fingerprint density at radius 2 is 1.95 bits per heavy atom. The molecule has 1 saturated heterocycles. The monoisotopic (exact) mass is 597 g/mol. The zero-order valence-electron chi connectivity index (χ0n) is 24.2. The molecule has 2 aromatic heterocycles. The Morgan fingerprint density at radius 1 is 1.26 bits per heavy atom. The van der Waals surface area contributed by atoms with Gasteiger partial charge in [0.05, 0.1) is 23.2 Å². The van der Waals surface area contributed by atoms with Crippen LogP contribution in [0.3, 0.4) is 0 Å². The second kappa shape index (κ2) is 12.5. The third-order valence-electron chi connectivity index (χ3n) is 8.36. The lowest BCUT2D eigenvalue weighted by molar-refractivity contribution is -0.0593. The summed E-state index contributed by atoms with van der Waals surface area (Å²) in [6.45, 7) is 3.65. The second-order valence-corrected chi connectivity index (χ2v) is 12.4. The maximum absolute atomic E-state index is 13.0. The summed E-state index contributed by atoms with van der Waals surface area (Å²) in [5.74, 6) is 0.372. The molecule has 42 heavy (non-hydrogen) atoms. The summed E-state index contributed by atoms with van der Waals surface area (Å²) >= 11 is -2.53. The molecule has 2 N–H and O–H groups in total. The standard InChI is InChI=1S/C30H38N4O7S/c1-19-5-7-21(8-6-19)26-25(27(35)31-2)23-17-22(20-9-10-20)24(32-28(23)40-26)18-34(42(38)39)14-4-11-30(41-29(36)37)12-15-33(3)16-13-30/h5-8,17,20H,4,9-16,18H2,1-3H3,(H,31,35)(H,36,37)(H,38,39)/p-1. The molecule has 0 radical (unpaired) electrons. The molecule has 3 aromatic rings. The Kier molecular flexibility index (Phi) is 8.97. The number of nitrogens with one attached hydrogen (secondary N) is 1. The molecule has 226 valence electrons. The number of hydrogen-bond donors (Lipinski definition) is 2. The predicted octanol–water partition coefficient (Wildman–Crippen LogP) is 4.58. The van der Waals surface area contributed by atoms with E-state index < -0.39 is 23.0 Å². The van der Waals surface area contributed by atoms with Gasteiger partial charge in [0.15, 0.2) is 0 Å². The first-order valence-electron chi connectivity index (χ1n) is 14.3. The molecule has 1 atom stereocenters. The fourth-order valence-electron chi connectivity index (χ4n) is 5.77. The topological polar surface area (TPSA) is 148 Å². The van der Waals surface area contributed by atoms with Crippen molar-refractivity contribution in [3.05, 3.63) is 52.7 Å². The highest BCUT2D eigenvalue weighted by Gasteiger charge is 2.37. The molecule has 1 amide bonds. The number of ether oxygens (including phenoxy) is 1. The number of aromatic nitrogens is 1. The van der Waals surface area contributed by atoms with Crippen molar-refractivity contribution in [3.8, 4) is 11.3 Å². The van der Waals surface area contributed by atoms with Crippen LogP contribution in [0.4, 0.5) is 4.79 Å². The van der Waals surface area contributed by atoms with E-state index in [0.717, 1.165) is 29.5 Å². The Bertz CT molecular complexity index is 1480. The minimum absolute atomic E-state index is 0.0449. The number of furan rings is 1. The number of fused-ring (bicyclic) bond motifs is 1. The van der Waals surface area contributed by atoms with Crippen LogP contribution >= 0.6 is 0 Å². The highest BCUT2D eigenvalue weighted by atomic mass is 32.2. The van der Waals surface area contributed by atoms with Gasteiger partial charge in [0, 0.05) is 56.4 Å². The summed E-state index contributed by atoms with van der Waals surface area (Å²) in [6.07, 6.45) is 2.60. The number of benzene rings is 1. The van der Waals surface area contributed by atoms with Crippen molar-refractivity contribution in [2.75, 3.05) is 33.7 Å². The number of pyridine rings is 1. The molecular formula is C30H37N4O7S-. The van der Waals surface area contributed by atoms with E-state index in [9.17, 15) is 23.5 Å². The highest BCUT2D eigenvalue weighted by Crippen LogP contribution is 2.44. The molecule has 1 aliphatic heterocycles. The van der Waals surface area contributed by atoms with Crippen LogP contribution < -0.4 is 5.32 Å². The number of amides is 1. The van der Waals surface area contributed by atoms with Crippen LogP contribution in [0, 0.1) is 6.92 Å². The number of carbonyl (C=O) groups excluding carboxylic acids is 1. The number of nitrogens with zero attached hydrogens (tertiary/aromatic N) is 3. The minimum Gasteiger partial charge on any atom is -0.760 e. The number of rotatable bonds is 11. The third kappa shape index (κ3) is 6.67. The molecule has 5 rings (SSSR count). The van der Waals surface area contributed by atoms with E-state index in [1.54, 1.807) is 7.05 Å². The maximum Gasteiger partial charge on any atom is 0.506 e. The quantitative estimate of drug-likeness (QED) is 0.239. The molecule has 1 saturated carbocycles. The second-order valence-electron chi connectivity index (χ2n) is 11.4. The van der Waals surface area contributed by atoms with E-state index in [1.165, 1.54) is 4.31 Å². The lowest BCUT2D eigenvalue weighted by Crippen LogP contribution is -2.46. The number of piperidine rings is 1. The summed E-state index contributed by atoms with van der Waals surface area (Å²) in [5.41, 5.74) is 3.21. The minimum atomic E-state index is -2.53. The molecule has 1 aromatic carbocycles. The SMILES string of the molecule is CNC(=O)c1c(-c2ccc(C)cc2)oc2nc(CN(CCCC3(OC(=O)O)CCN(C)CC3)S(=O)[O-])c(C3CC3)cc12. The first kappa shape index (κ1) is 30.1. The first-order valence-corrected chi connectivity index (χ1v) is 15.3. The Balaban J connectivity index is 1.42. The van der Waals surface area contributed by atoms with Gasteiger partial charge in [-0.2, -0.15) is 0 Å². The average Bonchev–Trinajstić information content (AvgIpc) is 3.73. The van der Waals surface area contributed by atoms with Crippen LogP contribution in [0.1, 0.15) is 71.6 Å².